The highest BCUT2D eigenvalue weighted by atomic mass is 35.5. The molecule has 0 bridgehead atoms. The Morgan fingerprint density at radius 1 is 0.941 bits per heavy atom. The first-order chi connectivity index (χ1) is 16.4. The zero-order chi connectivity index (χ0) is 24.1. The molecule has 9 heteroatoms. The van der Waals surface area contributed by atoms with Gasteiger partial charge in [-0.2, -0.15) is 0 Å². The Hall–Kier alpha value is -3.91. The summed E-state index contributed by atoms with van der Waals surface area (Å²) in [6.07, 6.45) is 0. The molecule has 1 N–H and O–H groups in total. The SMILES string of the molecule is O=C(OCCN1CCn2c(ccc(C(=O)NCc3ccc(Cl)cc3)c2=O)C1=O)c1ccccc1. The molecule has 2 heterocycles. The molecule has 4 rings (SSSR count). The molecule has 2 aromatic carbocycles. The van der Waals surface area contributed by atoms with Gasteiger partial charge in [0.05, 0.1) is 12.1 Å². The number of carbonyl (C=O) groups excluding carboxylic acids is 3. The fraction of sp³-hybridized carbons (Fsp3) is 0.200. The third-order valence-corrected chi connectivity index (χ3v) is 5.74. The van der Waals surface area contributed by atoms with Crippen molar-refractivity contribution in [1.29, 1.82) is 0 Å². The van der Waals surface area contributed by atoms with Crippen molar-refractivity contribution >= 4 is 29.4 Å². The number of amides is 2. The van der Waals surface area contributed by atoms with Gasteiger partial charge in [0.1, 0.15) is 17.9 Å². The summed E-state index contributed by atoms with van der Waals surface area (Å²) >= 11 is 5.86. The zero-order valence-electron chi connectivity index (χ0n) is 18.2. The highest BCUT2D eigenvalue weighted by molar-refractivity contribution is 6.30. The molecule has 8 nitrogen and oxygen atoms in total. The Bertz CT molecular complexity index is 1270. The molecule has 2 amide bonds. The molecular weight excluding hydrogens is 458 g/mol. The topological polar surface area (TPSA) is 97.7 Å². The summed E-state index contributed by atoms with van der Waals surface area (Å²) < 4.78 is 6.56. The van der Waals surface area contributed by atoms with E-state index in [1.165, 1.54) is 21.6 Å². The Balaban J connectivity index is 1.37. The smallest absolute Gasteiger partial charge is 0.338 e. The van der Waals surface area contributed by atoms with Crippen molar-refractivity contribution in [3.8, 4) is 0 Å². The van der Waals surface area contributed by atoms with Crippen molar-refractivity contribution in [2.45, 2.75) is 13.1 Å². The van der Waals surface area contributed by atoms with Crippen LogP contribution in [0.3, 0.4) is 0 Å². The van der Waals surface area contributed by atoms with Gasteiger partial charge >= 0.3 is 5.97 Å². The Kier molecular flexibility index (Phi) is 7.08. The van der Waals surface area contributed by atoms with Crippen molar-refractivity contribution in [2.24, 2.45) is 0 Å². The van der Waals surface area contributed by atoms with E-state index in [4.69, 9.17) is 16.3 Å². The molecular formula is C25H22ClN3O5. The second-order valence-corrected chi connectivity index (χ2v) is 8.13. The van der Waals surface area contributed by atoms with Gasteiger partial charge in [-0.25, -0.2) is 4.79 Å². The number of pyridine rings is 1. The van der Waals surface area contributed by atoms with Crippen LogP contribution < -0.4 is 10.9 Å². The van der Waals surface area contributed by atoms with Crippen LogP contribution in [0.15, 0.2) is 71.5 Å². The average Bonchev–Trinajstić information content (AvgIpc) is 2.85. The maximum atomic E-state index is 12.9. The minimum absolute atomic E-state index is 0.0317. The van der Waals surface area contributed by atoms with Gasteiger partial charge in [0.2, 0.25) is 0 Å². The predicted octanol–water partition coefficient (Wildman–Crippen LogP) is 2.74. The number of benzene rings is 2. The van der Waals surface area contributed by atoms with Crippen molar-refractivity contribution in [3.05, 3.63) is 104 Å². The molecule has 0 saturated heterocycles. The highest BCUT2D eigenvalue weighted by Crippen LogP contribution is 2.12. The van der Waals surface area contributed by atoms with E-state index in [2.05, 4.69) is 5.32 Å². The number of halogens is 1. The first-order valence-electron chi connectivity index (χ1n) is 10.7. The molecule has 34 heavy (non-hydrogen) atoms. The number of rotatable bonds is 7. The van der Waals surface area contributed by atoms with E-state index in [0.29, 0.717) is 10.6 Å². The molecule has 1 aliphatic heterocycles. The predicted molar refractivity (Wildman–Crippen MR) is 126 cm³/mol. The van der Waals surface area contributed by atoms with E-state index in [0.717, 1.165) is 5.56 Å². The molecule has 0 saturated carbocycles. The number of hydrogen-bond acceptors (Lipinski definition) is 5. The summed E-state index contributed by atoms with van der Waals surface area (Å²) in [5.74, 6) is -1.33. The molecule has 3 aromatic rings. The van der Waals surface area contributed by atoms with Crippen LogP contribution >= 0.6 is 11.6 Å². The van der Waals surface area contributed by atoms with Crippen LogP contribution in [0.5, 0.6) is 0 Å². The molecule has 0 radical (unpaired) electrons. The number of carbonyl (C=O) groups is 3. The summed E-state index contributed by atoms with van der Waals surface area (Å²) in [7, 11) is 0. The monoisotopic (exact) mass is 479 g/mol. The molecule has 0 spiro atoms. The number of ether oxygens (including phenoxy) is 1. The number of fused-ring (bicyclic) bond motifs is 1. The van der Waals surface area contributed by atoms with E-state index < -0.39 is 17.4 Å². The van der Waals surface area contributed by atoms with E-state index in [1.54, 1.807) is 54.6 Å². The number of nitrogens with zero attached hydrogens (tertiary/aromatic N) is 2. The van der Waals surface area contributed by atoms with E-state index in [9.17, 15) is 19.2 Å². The quantitative estimate of drug-likeness (QED) is 0.525. The van der Waals surface area contributed by atoms with Crippen LogP contribution in [-0.2, 0) is 17.8 Å². The maximum absolute atomic E-state index is 12.9. The van der Waals surface area contributed by atoms with Gasteiger partial charge in [-0.15, -0.1) is 0 Å². The number of nitrogens with one attached hydrogen (secondary N) is 1. The minimum atomic E-state index is -0.519. The zero-order valence-corrected chi connectivity index (χ0v) is 19.0. The Labute approximate surface area is 200 Å². The third kappa shape index (κ3) is 5.18. The molecule has 0 unspecified atom stereocenters. The van der Waals surface area contributed by atoms with Crippen molar-refractivity contribution in [3.63, 3.8) is 0 Å². The van der Waals surface area contributed by atoms with E-state index in [-0.39, 0.29) is 50.0 Å². The Morgan fingerprint density at radius 2 is 1.68 bits per heavy atom. The second-order valence-electron chi connectivity index (χ2n) is 7.69. The van der Waals surface area contributed by atoms with Gasteiger partial charge in [-0.3, -0.25) is 14.4 Å². The minimum Gasteiger partial charge on any atom is -0.460 e. The van der Waals surface area contributed by atoms with Gasteiger partial charge in [0.15, 0.2) is 0 Å². The lowest BCUT2D eigenvalue weighted by Gasteiger charge is -2.29. The average molecular weight is 480 g/mol. The standard InChI is InChI=1S/C25H22ClN3O5/c26-19-8-6-17(7-9-19)16-27-22(30)20-10-11-21-24(32)28(12-13-29(21)23(20)31)14-15-34-25(33)18-4-2-1-3-5-18/h1-11H,12-16H2,(H,27,30). The van der Waals surface area contributed by atoms with Crippen LogP contribution in [-0.4, -0.2) is 46.9 Å². The van der Waals surface area contributed by atoms with Crippen LogP contribution in [0.1, 0.15) is 36.8 Å². The number of aromatic nitrogens is 1. The van der Waals surface area contributed by atoms with Crippen LogP contribution in [0, 0.1) is 0 Å². The molecule has 174 valence electrons. The van der Waals surface area contributed by atoms with Crippen molar-refractivity contribution in [2.75, 3.05) is 19.7 Å². The lowest BCUT2D eigenvalue weighted by molar-refractivity contribution is 0.0418. The lowest BCUT2D eigenvalue weighted by atomic mass is 10.1. The highest BCUT2D eigenvalue weighted by Gasteiger charge is 2.27. The van der Waals surface area contributed by atoms with E-state index in [1.807, 2.05) is 0 Å². The van der Waals surface area contributed by atoms with Crippen molar-refractivity contribution < 1.29 is 19.1 Å². The fourth-order valence-electron chi connectivity index (χ4n) is 3.64. The van der Waals surface area contributed by atoms with E-state index >= 15 is 0 Å². The summed E-state index contributed by atoms with van der Waals surface area (Å²) in [4.78, 5) is 51.9. The largest absolute Gasteiger partial charge is 0.460 e. The van der Waals surface area contributed by atoms with Gasteiger partial charge in [0, 0.05) is 24.7 Å². The molecule has 0 atom stereocenters. The normalized spacial score (nSPS) is 12.7. The maximum Gasteiger partial charge on any atom is 0.338 e. The van der Waals surface area contributed by atoms with Crippen molar-refractivity contribution in [1.82, 2.24) is 14.8 Å². The lowest BCUT2D eigenvalue weighted by Crippen LogP contribution is -2.47. The fourth-order valence-corrected chi connectivity index (χ4v) is 3.77. The first-order valence-corrected chi connectivity index (χ1v) is 11.1. The summed E-state index contributed by atoms with van der Waals surface area (Å²) in [6, 6.07) is 18.4. The van der Waals surface area contributed by atoms with Crippen LogP contribution in [0.2, 0.25) is 5.02 Å². The van der Waals surface area contributed by atoms with Crippen LogP contribution in [0.4, 0.5) is 0 Å². The van der Waals surface area contributed by atoms with Gasteiger partial charge in [-0.05, 0) is 42.0 Å². The summed E-state index contributed by atoms with van der Waals surface area (Å²) in [5, 5.41) is 3.31. The van der Waals surface area contributed by atoms with Gasteiger partial charge < -0.3 is 19.5 Å². The molecule has 1 aliphatic rings. The summed E-state index contributed by atoms with van der Waals surface area (Å²) in [5.41, 5.74) is 0.922. The van der Waals surface area contributed by atoms with Gasteiger partial charge in [0.25, 0.3) is 17.4 Å². The Morgan fingerprint density at radius 3 is 2.41 bits per heavy atom. The summed E-state index contributed by atoms with van der Waals surface area (Å²) in [6.45, 7) is 0.991. The number of hydrogen-bond donors (Lipinski definition) is 1. The van der Waals surface area contributed by atoms with Gasteiger partial charge in [-0.1, -0.05) is 41.9 Å². The molecule has 0 fully saturated rings. The molecule has 1 aromatic heterocycles. The molecule has 0 aliphatic carbocycles. The second kappa shape index (κ2) is 10.4. The van der Waals surface area contributed by atoms with Crippen LogP contribution in [0.25, 0.3) is 0 Å². The first kappa shape index (κ1) is 23.3. The number of esters is 1. The third-order valence-electron chi connectivity index (χ3n) is 5.49.